The first kappa shape index (κ1) is 18.5. The Bertz CT molecular complexity index is 999. The van der Waals surface area contributed by atoms with Gasteiger partial charge in [0.2, 0.25) is 5.75 Å². The van der Waals surface area contributed by atoms with Crippen molar-refractivity contribution < 1.29 is 19.0 Å². The molecule has 1 aromatic heterocycles. The second-order valence-electron chi connectivity index (χ2n) is 6.03. The number of fused-ring (bicyclic) bond motifs is 1. The second kappa shape index (κ2) is 7.91. The molecular formula is C22H21NO4. The van der Waals surface area contributed by atoms with E-state index in [1.54, 1.807) is 25.3 Å². The summed E-state index contributed by atoms with van der Waals surface area (Å²) in [6.07, 6.45) is 3.58. The topological polar surface area (TPSA) is 57.7 Å². The molecule has 3 aromatic rings. The van der Waals surface area contributed by atoms with E-state index in [0.717, 1.165) is 16.5 Å². The molecule has 5 heteroatoms. The monoisotopic (exact) mass is 363 g/mol. The maximum absolute atomic E-state index is 12.9. The van der Waals surface area contributed by atoms with Gasteiger partial charge in [0, 0.05) is 17.1 Å². The molecule has 138 valence electrons. The van der Waals surface area contributed by atoms with Crippen LogP contribution in [0, 0.1) is 0 Å². The Balaban J connectivity index is 1.97. The molecule has 27 heavy (non-hydrogen) atoms. The highest BCUT2D eigenvalue weighted by Gasteiger charge is 2.18. The van der Waals surface area contributed by atoms with Gasteiger partial charge in [-0.05, 0) is 48.4 Å². The molecule has 0 aliphatic carbocycles. The molecule has 0 atom stereocenters. The van der Waals surface area contributed by atoms with Gasteiger partial charge in [-0.1, -0.05) is 18.2 Å². The van der Waals surface area contributed by atoms with Crippen molar-refractivity contribution in [3.05, 3.63) is 65.4 Å². The number of carbonyl (C=O) groups excluding carboxylic acids is 1. The van der Waals surface area contributed by atoms with Crippen LogP contribution < -0.4 is 14.2 Å². The largest absolute Gasteiger partial charge is 0.493 e. The minimum atomic E-state index is -0.123. The summed E-state index contributed by atoms with van der Waals surface area (Å²) in [6, 6.07) is 13.2. The Labute approximate surface area is 158 Å². The van der Waals surface area contributed by atoms with Gasteiger partial charge in [-0.25, -0.2) is 0 Å². The molecule has 0 saturated heterocycles. The maximum atomic E-state index is 12.9. The number of ketones is 1. The Morgan fingerprint density at radius 1 is 0.963 bits per heavy atom. The highest BCUT2D eigenvalue weighted by atomic mass is 16.5. The van der Waals surface area contributed by atoms with Gasteiger partial charge in [0.05, 0.1) is 26.8 Å². The Kier molecular flexibility index (Phi) is 5.41. The quantitative estimate of drug-likeness (QED) is 0.475. The van der Waals surface area contributed by atoms with Crippen LogP contribution in [0.3, 0.4) is 0 Å². The number of benzene rings is 2. The SMILES string of the molecule is COc1cc(C(=O)C(C)=Cc2cnc3ccccc3c2)cc(OC)c1OC. The van der Waals surface area contributed by atoms with Gasteiger partial charge in [-0.15, -0.1) is 0 Å². The van der Waals surface area contributed by atoms with Crippen molar-refractivity contribution in [2.75, 3.05) is 21.3 Å². The van der Waals surface area contributed by atoms with Crippen LogP contribution in [-0.2, 0) is 0 Å². The van der Waals surface area contributed by atoms with Crippen molar-refractivity contribution in [2.45, 2.75) is 6.92 Å². The fraction of sp³-hybridized carbons (Fsp3) is 0.182. The lowest BCUT2D eigenvalue weighted by molar-refractivity contribution is 0.103. The number of para-hydroxylation sites is 1. The predicted molar refractivity (Wildman–Crippen MR) is 106 cm³/mol. The number of carbonyl (C=O) groups is 1. The number of hydrogen-bond acceptors (Lipinski definition) is 5. The fourth-order valence-corrected chi connectivity index (χ4v) is 2.92. The zero-order valence-corrected chi connectivity index (χ0v) is 15.8. The molecule has 0 spiro atoms. The number of aromatic nitrogens is 1. The Morgan fingerprint density at radius 3 is 2.26 bits per heavy atom. The number of ether oxygens (including phenoxy) is 3. The van der Waals surface area contributed by atoms with E-state index in [-0.39, 0.29) is 5.78 Å². The third-order valence-electron chi connectivity index (χ3n) is 4.28. The minimum Gasteiger partial charge on any atom is -0.493 e. The normalized spacial score (nSPS) is 11.3. The van der Waals surface area contributed by atoms with Crippen LogP contribution in [0.5, 0.6) is 17.2 Å². The molecule has 0 aliphatic heterocycles. The molecule has 0 unspecified atom stereocenters. The summed E-state index contributed by atoms with van der Waals surface area (Å²) in [6.45, 7) is 1.78. The van der Waals surface area contributed by atoms with Gasteiger partial charge in [0.1, 0.15) is 0 Å². The molecule has 0 fully saturated rings. The maximum Gasteiger partial charge on any atom is 0.203 e. The molecule has 1 heterocycles. The van der Waals surface area contributed by atoms with E-state index >= 15 is 0 Å². The zero-order chi connectivity index (χ0) is 19.4. The summed E-state index contributed by atoms with van der Waals surface area (Å²) < 4.78 is 16.0. The summed E-state index contributed by atoms with van der Waals surface area (Å²) in [4.78, 5) is 17.3. The number of hydrogen-bond donors (Lipinski definition) is 0. The first-order valence-electron chi connectivity index (χ1n) is 8.45. The van der Waals surface area contributed by atoms with Gasteiger partial charge in [-0.3, -0.25) is 9.78 Å². The highest BCUT2D eigenvalue weighted by molar-refractivity contribution is 6.11. The van der Waals surface area contributed by atoms with Crippen molar-refractivity contribution in [3.8, 4) is 17.2 Å². The van der Waals surface area contributed by atoms with Crippen LogP contribution >= 0.6 is 0 Å². The van der Waals surface area contributed by atoms with Crippen LogP contribution in [0.25, 0.3) is 17.0 Å². The minimum absolute atomic E-state index is 0.123. The predicted octanol–water partition coefficient (Wildman–Crippen LogP) is 4.55. The highest BCUT2D eigenvalue weighted by Crippen LogP contribution is 2.38. The van der Waals surface area contributed by atoms with Gasteiger partial charge in [0.25, 0.3) is 0 Å². The number of pyridine rings is 1. The average molecular weight is 363 g/mol. The Hall–Kier alpha value is -3.34. The fourth-order valence-electron chi connectivity index (χ4n) is 2.92. The van der Waals surface area contributed by atoms with Gasteiger partial charge in [-0.2, -0.15) is 0 Å². The van der Waals surface area contributed by atoms with Crippen molar-refractivity contribution in [1.29, 1.82) is 0 Å². The van der Waals surface area contributed by atoms with Crippen molar-refractivity contribution in [3.63, 3.8) is 0 Å². The van der Waals surface area contributed by atoms with Crippen LogP contribution in [-0.4, -0.2) is 32.1 Å². The van der Waals surface area contributed by atoms with Crippen LogP contribution in [0.1, 0.15) is 22.8 Å². The van der Waals surface area contributed by atoms with Gasteiger partial charge >= 0.3 is 0 Å². The zero-order valence-electron chi connectivity index (χ0n) is 15.8. The molecule has 2 aromatic carbocycles. The number of Topliss-reactive ketones (excluding diaryl/α,β-unsaturated/α-hetero) is 1. The molecule has 0 bridgehead atoms. The van der Waals surface area contributed by atoms with E-state index in [2.05, 4.69) is 4.98 Å². The van der Waals surface area contributed by atoms with E-state index in [1.165, 1.54) is 21.3 Å². The van der Waals surface area contributed by atoms with Crippen LogP contribution in [0.4, 0.5) is 0 Å². The lowest BCUT2D eigenvalue weighted by atomic mass is 10.0. The van der Waals surface area contributed by atoms with Crippen molar-refractivity contribution in [2.24, 2.45) is 0 Å². The van der Waals surface area contributed by atoms with E-state index in [0.29, 0.717) is 28.4 Å². The molecule has 0 aliphatic rings. The first-order chi connectivity index (χ1) is 13.1. The number of methoxy groups -OCH3 is 3. The molecule has 0 radical (unpaired) electrons. The summed E-state index contributed by atoms with van der Waals surface area (Å²) in [7, 11) is 4.57. The number of allylic oxidation sites excluding steroid dienone is 1. The molecular weight excluding hydrogens is 342 g/mol. The standard InChI is InChI=1S/C22H21NO4/c1-14(9-15-10-16-7-5-6-8-18(16)23-13-15)21(24)17-11-19(25-2)22(27-4)20(12-17)26-3/h5-13H,1-4H3. The third kappa shape index (κ3) is 3.77. The molecule has 3 rings (SSSR count). The van der Waals surface area contributed by atoms with E-state index in [4.69, 9.17) is 14.2 Å². The molecule has 0 N–H and O–H groups in total. The molecule has 0 saturated carbocycles. The third-order valence-corrected chi connectivity index (χ3v) is 4.28. The van der Waals surface area contributed by atoms with Gasteiger partial charge < -0.3 is 14.2 Å². The first-order valence-corrected chi connectivity index (χ1v) is 8.45. The van der Waals surface area contributed by atoms with E-state index in [1.807, 2.05) is 36.4 Å². The lowest BCUT2D eigenvalue weighted by Crippen LogP contribution is -2.04. The van der Waals surface area contributed by atoms with Crippen LogP contribution in [0.15, 0.2) is 54.2 Å². The second-order valence-corrected chi connectivity index (χ2v) is 6.03. The number of nitrogens with zero attached hydrogens (tertiary/aromatic N) is 1. The Morgan fingerprint density at radius 2 is 1.63 bits per heavy atom. The van der Waals surface area contributed by atoms with E-state index < -0.39 is 0 Å². The van der Waals surface area contributed by atoms with Crippen LogP contribution in [0.2, 0.25) is 0 Å². The molecule has 5 nitrogen and oxygen atoms in total. The molecule has 0 amide bonds. The summed E-state index contributed by atoms with van der Waals surface area (Å²) in [5, 5.41) is 1.03. The summed E-state index contributed by atoms with van der Waals surface area (Å²) >= 11 is 0. The van der Waals surface area contributed by atoms with Gasteiger partial charge in [0.15, 0.2) is 17.3 Å². The van der Waals surface area contributed by atoms with E-state index in [9.17, 15) is 4.79 Å². The number of rotatable bonds is 6. The van der Waals surface area contributed by atoms with Crippen molar-refractivity contribution in [1.82, 2.24) is 4.98 Å². The average Bonchev–Trinajstić information content (AvgIpc) is 2.71. The smallest absolute Gasteiger partial charge is 0.203 e. The summed E-state index contributed by atoms with van der Waals surface area (Å²) in [5.74, 6) is 1.22. The van der Waals surface area contributed by atoms with Crippen molar-refractivity contribution >= 4 is 22.8 Å². The summed E-state index contributed by atoms with van der Waals surface area (Å²) in [5.41, 5.74) is 2.84. The lowest BCUT2D eigenvalue weighted by Gasteiger charge is -2.13.